The maximum atomic E-state index is 10.3. The summed E-state index contributed by atoms with van der Waals surface area (Å²) in [6.07, 6.45) is 3.21. The van der Waals surface area contributed by atoms with Gasteiger partial charge in [0.15, 0.2) is 0 Å². The van der Waals surface area contributed by atoms with Crippen molar-refractivity contribution in [3.05, 3.63) is 101 Å². The van der Waals surface area contributed by atoms with Gasteiger partial charge >= 0.3 is 0 Å². The van der Waals surface area contributed by atoms with Crippen LogP contribution < -0.4 is 0 Å². The van der Waals surface area contributed by atoms with E-state index in [-0.39, 0.29) is 5.41 Å². The quantitative estimate of drug-likeness (QED) is 0.442. The molecule has 4 aromatic rings. The molecule has 2 aliphatic rings. The maximum Gasteiger partial charge on any atom is 0.115 e. The van der Waals surface area contributed by atoms with E-state index in [2.05, 4.69) is 71.4 Å². The minimum absolute atomic E-state index is 0.0632. The molecule has 0 amide bonds. The Bertz CT molecular complexity index is 1280. The molecular formula is C29H30N2O. The minimum atomic E-state index is 0.0632. The molecule has 6 rings (SSSR count). The average Bonchev–Trinajstić information content (AvgIpc) is 3.17. The van der Waals surface area contributed by atoms with Crippen LogP contribution in [-0.4, -0.2) is 28.1 Å². The molecule has 1 aromatic heterocycles. The number of hydrogen-bond acceptors (Lipinski definition) is 2. The number of piperidine rings is 1. The summed E-state index contributed by atoms with van der Waals surface area (Å²) in [6, 6.07) is 25.5. The number of aromatic amines is 1. The fourth-order valence-corrected chi connectivity index (χ4v) is 6.33. The van der Waals surface area contributed by atoms with Gasteiger partial charge in [-0.3, -0.25) is 4.90 Å². The fourth-order valence-electron chi connectivity index (χ4n) is 6.33. The number of fused-ring (bicyclic) bond motifs is 4. The Morgan fingerprint density at radius 3 is 2.72 bits per heavy atom. The van der Waals surface area contributed by atoms with E-state index in [0.717, 1.165) is 38.9 Å². The minimum Gasteiger partial charge on any atom is -0.508 e. The number of aryl methyl sites for hydroxylation is 1. The van der Waals surface area contributed by atoms with Gasteiger partial charge in [0, 0.05) is 35.1 Å². The lowest BCUT2D eigenvalue weighted by atomic mass is 9.58. The lowest BCUT2D eigenvalue weighted by Gasteiger charge is -2.51. The smallest absolute Gasteiger partial charge is 0.115 e. The summed E-state index contributed by atoms with van der Waals surface area (Å²) in [7, 11) is 0. The normalized spacial score (nSPS) is 23.1. The molecule has 1 saturated heterocycles. The van der Waals surface area contributed by atoms with E-state index in [4.69, 9.17) is 0 Å². The monoisotopic (exact) mass is 422 g/mol. The number of phenols is 1. The zero-order valence-electron chi connectivity index (χ0n) is 18.6. The summed E-state index contributed by atoms with van der Waals surface area (Å²) in [6.45, 7) is 5.37. The lowest BCUT2D eigenvalue weighted by Crippen LogP contribution is -2.53. The molecule has 3 nitrogen and oxygen atoms in total. The van der Waals surface area contributed by atoms with Crippen LogP contribution in [0, 0.1) is 12.8 Å². The summed E-state index contributed by atoms with van der Waals surface area (Å²) in [5.41, 5.74) is 8.25. The van der Waals surface area contributed by atoms with Gasteiger partial charge in [-0.2, -0.15) is 0 Å². The van der Waals surface area contributed by atoms with Crippen LogP contribution in [0.2, 0.25) is 0 Å². The molecule has 0 spiro atoms. The van der Waals surface area contributed by atoms with Crippen LogP contribution in [0.3, 0.4) is 0 Å². The largest absolute Gasteiger partial charge is 0.508 e. The Kier molecular flexibility index (Phi) is 4.62. The Morgan fingerprint density at radius 2 is 1.88 bits per heavy atom. The van der Waals surface area contributed by atoms with Crippen molar-refractivity contribution in [1.82, 2.24) is 9.88 Å². The number of phenolic OH excluding ortho intramolecular Hbond substituents is 1. The molecule has 0 bridgehead atoms. The van der Waals surface area contributed by atoms with Crippen molar-refractivity contribution >= 4 is 10.9 Å². The predicted octanol–water partition coefficient (Wildman–Crippen LogP) is 5.74. The van der Waals surface area contributed by atoms with Gasteiger partial charge in [-0.05, 0) is 73.0 Å². The van der Waals surface area contributed by atoms with Gasteiger partial charge in [-0.25, -0.2) is 0 Å². The number of para-hydroxylation sites is 1. The molecule has 2 N–H and O–H groups in total. The second-order valence-corrected chi connectivity index (χ2v) is 9.83. The Hall–Kier alpha value is -3.04. The van der Waals surface area contributed by atoms with E-state index in [1.807, 2.05) is 12.1 Å². The molecule has 3 aromatic carbocycles. The Balaban J connectivity index is 1.42. The van der Waals surface area contributed by atoms with E-state index in [1.165, 1.54) is 38.9 Å². The van der Waals surface area contributed by atoms with Crippen molar-refractivity contribution in [2.75, 3.05) is 13.1 Å². The van der Waals surface area contributed by atoms with E-state index in [0.29, 0.717) is 11.7 Å². The molecule has 1 aliphatic heterocycles. The molecular weight excluding hydrogens is 392 g/mol. The maximum absolute atomic E-state index is 10.3. The highest BCUT2D eigenvalue weighted by Crippen LogP contribution is 2.49. The average molecular weight is 423 g/mol. The number of nitrogens with zero attached hydrogens (tertiary/aromatic N) is 1. The van der Waals surface area contributed by atoms with E-state index in [1.54, 1.807) is 6.07 Å². The second-order valence-electron chi connectivity index (χ2n) is 9.83. The van der Waals surface area contributed by atoms with Gasteiger partial charge in [-0.15, -0.1) is 0 Å². The molecule has 1 aliphatic carbocycles. The van der Waals surface area contributed by atoms with Crippen LogP contribution >= 0.6 is 0 Å². The molecule has 2 heterocycles. The highest BCUT2D eigenvalue weighted by molar-refractivity contribution is 5.87. The van der Waals surface area contributed by atoms with Crippen LogP contribution in [0.5, 0.6) is 5.75 Å². The van der Waals surface area contributed by atoms with Crippen molar-refractivity contribution in [1.29, 1.82) is 0 Å². The molecule has 2 atom stereocenters. The van der Waals surface area contributed by atoms with Gasteiger partial charge < -0.3 is 10.1 Å². The van der Waals surface area contributed by atoms with Crippen molar-refractivity contribution < 1.29 is 5.11 Å². The van der Waals surface area contributed by atoms with Crippen molar-refractivity contribution in [3.8, 4) is 5.75 Å². The second kappa shape index (κ2) is 7.53. The third-order valence-electron chi connectivity index (χ3n) is 7.99. The topological polar surface area (TPSA) is 39.3 Å². The molecule has 1 unspecified atom stereocenters. The van der Waals surface area contributed by atoms with Crippen molar-refractivity contribution in [3.63, 3.8) is 0 Å². The predicted molar refractivity (Wildman–Crippen MR) is 130 cm³/mol. The van der Waals surface area contributed by atoms with Gasteiger partial charge in [0.1, 0.15) is 5.75 Å². The Morgan fingerprint density at radius 1 is 1.03 bits per heavy atom. The van der Waals surface area contributed by atoms with Crippen LogP contribution in [0.4, 0.5) is 0 Å². The number of benzene rings is 3. The van der Waals surface area contributed by atoms with E-state index >= 15 is 0 Å². The molecule has 3 heteroatoms. The van der Waals surface area contributed by atoms with Crippen LogP contribution in [0.15, 0.2) is 72.8 Å². The first-order valence-corrected chi connectivity index (χ1v) is 11.8. The van der Waals surface area contributed by atoms with Crippen LogP contribution in [0.1, 0.15) is 34.4 Å². The number of nitrogens with one attached hydrogen (secondary N) is 1. The zero-order valence-corrected chi connectivity index (χ0v) is 18.6. The number of likely N-dealkylation sites (tertiary alicyclic amines) is 1. The number of aromatic nitrogens is 1. The number of rotatable bonds is 3. The molecule has 1 fully saturated rings. The lowest BCUT2D eigenvalue weighted by molar-refractivity contribution is 0.0765. The van der Waals surface area contributed by atoms with Crippen LogP contribution in [0.25, 0.3) is 10.9 Å². The summed E-state index contributed by atoms with van der Waals surface area (Å²) in [5, 5.41) is 11.7. The van der Waals surface area contributed by atoms with Crippen molar-refractivity contribution in [2.45, 2.75) is 38.1 Å². The number of H-pyrrole nitrogens is 1. The Labute approximate surface area is 189 Å². The van der Waals surface area contributed by atoms with E-state index < -0.39 is 0 Å². The number of aromatic hydroxyl groups is 1. The SMILES string of the molecule is Cc1cccc2c3c([nH]c12)C[C@]1(c2cccc(O)c2)CCN(Cc2ccccc2)CC1C3. The third-order valence-corrected chi connectivity index (χ3v) is 7.99. The first-order chi connectivity index (χ1) is 15.6. The van der Waals surface area contributed by atoms with Crippen molar-refractivity contribution in [2.24, 2.45) is 5.92 Å². The standard InChI is InChI=1S/C29H30N2O/c1-20-7-5-12-25-26-16-23-19-31(18-21-8-3-2-4-9-21)14-13-29(23,17-27(26)30-28(20)25)22-10-6-11-24(32)15-22/h2-12,15,23,30,32H,13-14,16-19H2,1H3/t23?,29-/m0/s1. The van der Waals surface area contributed by atoms with E-state index in [9.17, 15) is 5.11 Å². The van der Waals surface area contributed by atoms with Gasteiger partial charge in [0.05, 0.1) is 0 Å². The zero-order chi connectivity index (χ0) is 21.7. The highest BCUT2D eigenvalue weighted by Gasteiger charge is 2.48. The molecule has 0 saturated carbocycles. The molecule has 32 heavy (non-hydrogen) atoms. The summed E-state index contributed by atoms with van der Waals surface area (Å²) in [4.78, 5) is 6.43. The van der Waals surface area contributed by atoms with Gasteiger partial charge in [-0.1, -0.05) is 60.7 Å². The first-order valence-electron chi connectivity index (χ1n) is 11.8. The van der Waals surface area contributed by atoms with Gasteiger partial charge in [0.2, 0.25) is 0 Å². The number of hydrogen-bond donors (Lipinski definition) is 2. The molecule has 0 radical (unpaired) electrons. The van der Waals surface area contributed by atoms with Crippen LogP contribution in [-0.2, 0) is 24.8 Å². The summed E-state index contributed by atoms with van der Waals surface area (Å²) >= 11 is 0. The summed E-state index contributed by atoms with van der Waals surface area (Å²) in [5.74, 6) is 0.898. The highest BCUT2D eigenvalue weighted by atomic mass is 16.3. The third kappa shape index (κ3) is 3.15. The summed E-state index contributed by atoms with van der Waals surface area (Å²) < 4.78 is 0. The van der Waals surface area contributed by atoms with Gasteiger partial charge in [0.25, 0.3) is 0 Å². The first kappa shape index (κ1) is 19.6. The molecule has 162 valence electrons. The fraction of sp³-hybridized carbons (Fsp3) is 0.310.